The molecule has 2 rings (SSSR count). The molecule has 0 atom stereocenters. The second-order valence-electron chi connectivity index (χ2n) is 5.75. The van der Waals surface area contributed by atoms with E-state index in [4.69, 9.17) is 4.99 Å². The zero-order chi connectivity index (χ0) is 16.8. The van der Waals surface area contributed by atoms with Crippen LogP contribution in [0.15, 0.2) is 29.3 Å². The number of aromatic nitrogens is 2. The standard InChI is InChI=1S/C18H27N5.HI/c1-6-19-18(20-11-16-10-8-7-9-13(16)2)21-12-17-14(3)22-23(5)15(17)4;/h7-10H,6,11-12H2,1-5H3,(H2,19,20,21);1H. The summed E-state index contributed by atoms with van der Waals surface area (Å²) in [6, 6.07) is 8.35. The molecule has 6 heteroatoms. The Labute approximate surface area is 162 Å². The number of aryl methyl sites for hydroxylation is 3. The first kappa shape index (κ1) is 20.5. The van der Waals surface area contributed by atoms with Crippen molar-refractivity contribution < 1.29 is 0 Å². The van der Waals surface area contributed by atoms with Gasteiger partial charge in [0.25, 0.3) is 0 Å². The van der Waals surface area contributed by atoms with Gasteiger partial charge in [-0.3, -0.25) is 4.68 Å². The third-order valence-electron chi connectivity index (χ3n) is 4.10. The van der Waals surface area contributed by atoms with Crippen molar-refractivity contribution >= 4 is 29.9 Å². The van der Waals surface area contributed by atoms with E-state index in [2.05, 4.69) is 60.8 Å². The Morgan fingerprint density at radius 3 is 2.46 bits per heavy atom. The average molecular weight is 441 g/mol. The van der Waals surface area contributed by atoms with Crippen LogP contribution in [0, 0.1) is 20.8 Å². The van der Waals surface area contributed by atoms with Crippen LogP contribution in [0.4, 0.5) is 0 Å². The van der Waals surface area contributed by atoms with Crippen molar-refractivity contribution in [2.75, 3.05) is 6.54 Å². The molecule has 0 spiro atoms. The number of rotatable bonds is 5. The molecule has 0 aliphatic heterocycles. The van der Waals surface area contributed by atoms with Crippen molar-refractivity contribution in [2.24, 2.45) is 12.0 Å². The van der Waals surface area contributed by atoms with Gasteiger partial charge in [0.2, 0.25) is 0 Å². The van der Waals surface area contributed by atoms with E-state index >= 15 is 0 Å². The highest BCUT2D eigenvalue weighted by molar-refractivity contribution is 14.0. The molecule has 1 heterocycles. The second-order valence-corrected chi connectivity index (χ2v) is 5.75. The van der Waals surface area contributed by atoms with Crippen LogP contribution in [0.3, 0.4) is 0 Å². The molecule has 0 radical (unpaired) electrons. The minimum Gasteiger partial charge on any atom is -0.357 e. The molecule has 0 fully saturated rings. The van der Waals surface area contributed by atoms with Gasteiger partial charge in [-0.25, -0.2) is 4.99 Å². The van der Waals surface area contributed by atoms with Gasteiger partial charge < -0.3 is 10.6 Å². The summed E-state index contributed by atoms with van der Waals surface area (Å²) in [7, 11) is 1.98. The van der Waals surface area contributed by atoms with E-state index in [1.54, 1.807) is 0 Å². The van der Waals surface area contributed by atoms with Crippen molar-refractivity contribution in [1.29, 1.82) is 0 Å². The monoisotopic (exact) mass is 441 g/mol. The smallest absolute Gasteiger partial charge is 0.191 e. The van der Waals surface area contributed by atoms with E-state index in [1.165, 1.54) is 22.4 Å². The summed E-state index contributed by atoms with van der Waals surface area (Å²) < 4.78 is 1.92. The van der Waals surface area contributed by atoms with Gasteiger partial charge in [0, 0.05) is 31.4 Å². The molecule has 0 aliphatic rings. The minimum atomic E-state index is 0. The Morgan fingerprint density at radius 2 is 1.88 bits per heavy atom. The third-order valence-corrected chi connectivity index (χ3v) is 4.10. The van der Waals surface area contributed by atoms with Crippen LogP contribution in [0.1, 0.15) is 35.0 Å². The number of nitrogens with zero attached hydrogens (tertiary/aromatic N) is 3. The van der Waals surface area contributed by atoms with Crippen molar-refractivity contribution in [3.8, 4) is 0 Å². The molecule has 2 aromatic rings. The van der Waals surface area contributed by atoms with Gasteiger partial charge in [-0.2, -0.15) is 5.10 Å². The highest BCUT2D eigenvalue weighted by atomic mass is 127. The maximum absolute atomic E-state index is 4.69. The lowest BCUT2D eigenvalue weighted by molar-refractivity contribution is 0.728. The molecular weight excluding hydrogens is 413 g/mol. The van der Waals surface area contributed by atoms with Crippen LogP contribution >= 0.6 is 24.0 Å². The Bertz CT molecular complexity index is 691. The fourth-order valence-electron chi connectivity index (χ4n) is 2.54. The SMILES string of the molecule is CCNC(=NCc1ccccc1C)NCc1c(C)nn(C)c1C.I. The van der Waals surface area contributed by atoms with E-state index in [9.17, 15) is 0 Å². The Kier molecular flexibility index (Phi) is 8.24. The second kappa shape index (κ2) is 9.66. The molecule has 2 N–H and O–H groups in total. The molecule has 0 bridgehead atoms. The normalized spacial score (nSPS) is 11.1. The first-order valence-electron chi connectivity index (χ1n) is 8.08. The van der Waals surface area contributed by atoms with Gasteiger partial charge in [0.1, 0.15) is 0 Å². The number of hydrogen-bond acceptors (Lipinski definition) is 2. The summed E-state index contributed by atoms with van der Waals surface area (Å²) in [6.07, 6.45) is 0. The summed E-state index contributed by atoms with van der Waals surface area (Å²) in [6.45, 7) is 10.6. The molecule has 1 aromatic carbocycles. The van der Waals surface area contributed by atoms with E-state index in [1.807, 2.05) is 18.7 Å². The molecule has 5 nitrogen and oxygen atoms in total. The summed E-state index contributed by atoms with van der Waals surface area (Å²) in [5.74, 6) is 0.832. The molecule has 24 heavy (non-hydrogen) atoms. The number of aliphatic imine (C=N–C) groups is 1. The predicted molar refractivity (Wildman–Crippen MR) is 111 cm³/mol. The fourth-order valence-corrected chi connectivity index (χ4v) is 2.54. The molecule has 0 aliphatic carbocycles. The van der Waals surface area contributed by atoms with Gasteiger partial charge in [-0.1, -0.05) is 24.3 Å². The summed E-state index contributed by atoms with van der Waals surface area (Å²) in [4.78, 5) is 4.69. The highest BCUT2D eigenvalue weighted by Gasteiger charge is 2.09. The molecule has 0 saturated carbocycles. The van der Waals surface area contributed by atoms with Crippen molar-refractivity contribution in [2.45, 2.75) is 40.8 Å². The zero-order valence-electron chi connectivity index (χ0n) is 15.2. The van der Waals surface area contributed by atoms with Crippen LogP contribution in [-0.4, -0.2) is 22.3 Å². The lowest BCUT2D eigenvalue weighted by Crippen LogP contribution is -2.37. The number of halogens is 1. The molecule has 0 saturated heterocycles. The van der Waals surface area contributed by atoms with Crippen LogP contribution < -0.4 is 10.6 Å². The lowest BCUT2D eigenvalue weighted by atomic mass is 10.1. The lowest BCUT2D eigenvalue weighted by Gasteiger charge is -2.12. The van der Waals surface area contributed by atoms with Gasteiger partial charge in [0.05, 0.1) is 12.2 Å². The summed E-state index contributed by atoms with van der Waals surface area (Å²) >= 11 is 0. The molecule has 1 aromatic heterocycles. The number of benzene rings is 1. The summed E-state index contributed by atoms with van der Waals surface area (Å²) in [5, 5.41) is 11.2. The van der Waals surface area contributed by atoms with E-state index in [0.29, 0.717) is 6.54 Å². The minimum absolute atomic E-state index is 0. The van der Waals surface area contributed by atoms with E-state index in [0.717, 1.165) is 24.7 Å². The topological polar surface area (TPSA) is 54.2 Å². The quantitative estimate of drug-likeness (QED) is 0.426. The number of guanidine groups is 1. The molecular formula is C18H28IN5. The van der Waals surface area contributed by atoms with Gasteiger partial charge in [-0.05, 0) is 38.8 Å². The molecule has 132 valence electrons. The van der Waals surface area contributed by atoms with Crippen molar-refractivity contribution in [1.82, 2.24) is 20.4 Å². The zero-order valence-corrected chi connectivity index (χ0v) is 17.5. The van der Waals surface area contributed by atoms with Crippen molar-refractivity contribution in [3.05, 3.63) is 52.3 Å². The maximum Gasteiger partial charge on any atom is 0.191 e. The predicted octanol–water partition coefficient (Wildman–Crippen LogP) is 3.22. The van der Waals surface area contributed by atoms with Crippen molar-refractivity contribution in [3.63, 3.8) is 0 Å². The van der Waals surface area contributed by atoms with Crippen LogP contribution in [0.2, 0.25) is 0 Å². The van der Waals surface area contributed by atoms with Crippen LogP contribution in [0.5, 0.6) is 0 Å². The third kappa shape index (κ3) is 5.22. The average Bonchev–Trinajstić information content (AvgIpc) is 2.77. The fraction of sp³-hybridized carbons (Fsp3) is 0.444. The Hall–Kier alpha value is -1.57. The van der Waals surface area contributed by atoms with Gasteiger partial charge in [0.15, 0.2) is 5.96 Å². The van der Waals surface area contributed by atoms with E-state index < -0.39 is 0 Å². The highest BCUT2D eigenvalue weighted by Crippen LogP contribution is 2.11. The number of hydrogen-bond donors (Lipinski definition) is 2. The molecule has 0 unspecified atom stereocenters. The Morgan fingerprint density at radius 1 is 1.17 bits per heavy atom. The van der Waals surface area contributed by atoms with Gasteiger partial charge >= 0.3 is 0 Å². The Balaban J connectivity index is 0.00000288. The molecule has 0 amide bonds. The van der Waals surface area contributed by atoms with Crippen LogP contribution in [-0.2, 0) is 20.1 Å². The maximum atomic E-state index is 4.69. The number of nitrogens with one attached hydrogen (secondary N) is 2. The first-order valence-corrected chi connectivity index (χ1v) is 8.08. The summed E-state index contributed by atoms with van der Waals surface area (Å²) in [5.41, 5.74) is 6.00. The largest absolute Gasteiger partial charge is 0.357 e. The van der Waals surface area contributed by atoms with Crippen LogP contribution in [0.25, 0.3) is 0 Å². The first-order chi connectivity index (χ1) is 11.0. The van der Waals surface area contributed by atoms with Gasteiger partial charge in [-0.15, -0.1) is 24.0 Å². The van der Waals surface area contributed by atoms with E-state index in [-0.39, 0.29) is 24.0 Å².